The van der Waals surface area contributed by atoms with E-state index in [9.17, 15) is 22.8 Å². The van der Waals surface area contributed by atoms with E-state index in [-0.39, 0.29) is 23.6 Å². The van der Waals surface area contributed by atoms with Crippen molar-refractivity contribution >= 4 is 11.7 Å². The second kappa shape index (κ2) is 6.51. The molecule has 2 aromatic rings. The Hall–Kier alpha value is -2.57. The minimum atomic E-state index is -4.48. The van der Waals surface area contributed by atoms with Gasteiger partial charge in [-0.3, -0.25) is 9.59 Å². The third kappa shape index (κ3) is 3.67. The summed E-state index contributed by atoms with van der Waals surface area (Å²) in [4.78, 5) is 25.1. The van der Waals surface area contributed by atoms with Gasteiger partial charge in [-0.1, -0.05) is 18.2 Å². The van der Waals surface area contributed by atoms with Crippen LogP contribution >= 0.6 is 0 Å². The first-order valence-electron chi connectivity index (χ1n) is 7.19. The first-order valence-corrected chi connectivity index (χ1v) is 7.19. The van der Waals surface area contributed by atoms with E-state index in [0.717, 1.165) is 6.07 Å². The zero-order chi connectivity index (χ0) is 18.1. The van der Waals surface area contributed by atoms with Gasteiger partial charge in [0.2, 0.25) is 0 Å². The summed E-state index contributed by atoms with van der Waals surface area (Å²) in [5.74, 6) is -0.642. The number of Topliss-reactive ketones (excluding diaryl/α,β-unsaturated/α-hetero) is 1. The molecule has 2 rings (SSSR count). The maximum Gasteiger partial charge on any atom is 0.416 e. The van der Waals surface area contributed by atoms with Gasteiger partial charge in [0.15, 0.2) is 5.78 Å². The molecule has 0 N–H and O–H groups in total. The first kappa shape index (κ1) is 17.8. The minimum Gasteiger partial charge on any atom is -0.346 e. The summed E-state index contributed by atoms with van der Waals surface area (Å²) >= 11 is 0. The third-order valence-electron chi connectivity index (χ3n) is 3.71. The van der Waals surface area contributed by atoms with Gasteiger partial charge in [0.05, 0.1) is 5.56 Å². The van der Waals surface area contributed by atoms with E-state index in [2.05, 4.69) is 0 Å². The molecule has 0 atom stereocenters. The van der Waals surface area contributed by atoms with Gasteiger partial charge in [-0.25, -0.2) is 0 Å². The zero-order valence-corrected chi connectivity index (χ0v) is 13.5. The molecule has 0 spiro atoms. The van der Waals surface area contributed by atoms with Crippen LogP contribution in [0.5, 0.6) is 0 Å². The maximum atomic E-state index is 13.0. The molecule has 0 radical (unpaired) electrons. The molecule has 0 fully saturated rings. The van der Waals surface area contributed by atoms with Gasteiger partial charge < -0.3 is 9.47 Å². The standard InChI is InChI=1S/C17H17F3N2O2/c1-11(23)13-8-15(21(2)10-13)16(24)22(3)9-12-6-4-5-7-14(12)17(18,19)20/h4-8,10H,9H2,1-3H3. The van der Waals surface area contributed by atoms with Crippen LogP contribution < -0.4 is 0 Å². The van der Waals surface area contributed by atoms with Crippen LogP contribution in [0.15, 0.2) is 36.5 Å². The van der Waals surface area contributed by atoms with Crippen molar-refractivity contribution in [1.82, 2.24) is 9.47 Å². The number of amides is 1. The van der Waals surface area contributed by atoms with Crippen LogP contribution in [0.25, 0.3) is 0 Å². The van der Waals surface area contributed by atoms with Crippen molar-refractivity contribution in [3.63, 3.8) is 0 Å². The molecular weight excluding hydrogens is 321 g/mol. The topological polar surface area (TPSA) is 42.3 Å². The van der Waals surface area contributed by atoms with E-state index in [0.29, 0.717) is 5.56 Å². The molecule has 0 bridgehead atoms. The summed E-state index contributed by atoms with van der Waals surface area (Å²) in [5, 5.41) is 0. The monoisotopic (exact) mass is 338 g/mol. The fourth-order valence-electron chi connectivity index (χ4n) is 2.43. The lowest BCUT2D eigenvalue weighted by atomic mass is 10.1. The van der Waals surface area contributed by atoms with Gasteiger partial charge in [-0.05, 0) is 24.6 Å². The number of hydrogen-bond donors (Lipinski definition) is 0. The van der Waals surface area contributed by atoms with E-state index < -0.39 is 17.6 Å². The molecule has 0 unspecified atom stereocenters. The minimum absolute atomic E-state index is 0.0156. The second-order valence-corrected chi connectivity index (χ2v) is 5.60. The molecule has 0 aliphatic rings. The van der Waals surface area contributed by atoms with Gasteiger partial charge in [-0.2, -0.15) is 13.2 Å². The molecule has 1 heterocycles. The van der Waals surface area contributed by atoms with Crippen LogP contribution in [0.4, 0.5) is 13.2 Å². The van der Waals surface area contributed by atoms with E-state index >= 15 is 0 Å². The first-order chi connectivity index (χ1) is 11.1. The number of rotatable bonds is 4. The van der Waals surface area contributed by atoms with Crippen molar-refractivity contribution in [2.75, 3.05) is 7.05 Å². The maximum absolute atomic E-state index is 13.0. The number of aromatic nitrogens is 1. The predicted octanol–water partition coefficient (Wildman–Crippen LogP) is 3.52. The fraction of sp³-hybridized carbons (Fsp3) is 0.294. The normalized spacial score (nSPS) is 11.4. The number of hydrogen-bond acceptors (Lipinski definition) is 2. The highest BCUT2D eigenvalue weighted by Crippen LogP contribution is 2.32. The molecule has 7 heteroatoms. The lowest BCUT2D eigenvalue weighted by molar-refractivity contribution is -0.138. The van der Waals surface area contributed by atoms with Crippen molar-refractivity contribution in [2.45, 2.75) is 19.6 Å². The van der Waals surface area contributed by atoms with Crippen LogP contribution in [-0.4, -0.2) is 28.2 Å². The summed E-state index contributed by atoms with van der Waals surface area (Å²) in [6.45, 7) is 1.20. The van der Waals surface area contributed by atoms with Gasteiger partial charge in [-0.15, -0.1) is 0 Å². The predicted molar refractivity (Wildman–Crippen MR) is 82.7 cm³/mol. The second-order valence-electron chi connectivity index (χ2n) is 5.60. The van der Waals surface area contributed by atoms with Crippen LogP contribution in [0, 0.1) is 0 Å². The van der Waals surface area contributed by atoms with E-state index in [4.69, 9.17) is 0 Å². The quantitative estimate of drug-likeness (QED) is 0.801. The van der Waals surface area contributed by atoms with Crippen molar-refractivity contribution in [3.05, 3.63) is 58.9 Å². The average molecular weight is 338 g/mol. The highest BCUT2D eigenvalue weighted by Gasteiger charge is 2.33. The van der Waals surface area contributed by atoms with Crippen LogP contribution in [0.2, 0.25) is 0 Å². The smallest absolute Gasteiger partial charge is 0.346 e. The Morgan fingerprint density at radius 2 is 1.83 bits per heavy atom. The van der Waals surface area contributed by atoms with Crippen molar-refractivity contribution < 1.29 is 22.8 Å². The Kier molecular flexibility index (Phi) is 4.82. The summed E-state index contributed by atoms with van der Waals surface area (Å²) in [6, 6.07) is 6.59. The summed E-state index contributed by atoms with van der Waals surface area (Å²) < 4.78 is 40.6. The molecule has 128 valence electrons. The van der Waals surface area contributed by atoms with Gasteiger partial charge in [0.1, 0.15) is 5.69 Å². The van der Waals surface area contributed by atoms with Crippen LogP contribution in [0.3, 0.4) is 0 Å². The van der Waals surface area contributed by atoms with Crippen molar-refractivity contribution in [1.29, 1.82) is 0 Å². The highest BCUT2D eigenvalue weighted by molar-refractivity contribution is 5.99. The Bertz CT molecular complexity index is 778. The molecule has 4 nitrogen and oxygen atoms in total. The molecule has 0 aliphatic carbocycles. The summed E-state index contributed by atoms with van der Waals surface area (Å²) in [6.07, 6.45) is -2.96. The van der Waals surface area contributed by atoms with Gasteiger partial charge in [0.25, 0.3) is 5.91 Å². The Balaban J connectivity index is 2.26. The molecule has 1 aromatic carbocycles. The molecule has 0 aliphatic heterocycles. The van der Waals surface area contributed by atoms with Crippen LogP contribution in [0.1, 0.15) is 38.9 Å². The van der Waals surface area contributed by atoms with E-state index in [1.165, 1.54) is 53.9 Å². The Morgan fingerprint density at radius 3 is 2.38 bits per heavy atom. The number of halogens is 3. The fourth-order valence-corrected chi connectivity index (χ4v) is 2.43. The van der Waals surface area contributed by atoms with Gasteiger partial charge in [0, 0.05) is 32.4 Å². The highest BCUT2D eigenvalue weighted by atomic mass is 19.4. The van der Waals surface area contributed by atoms with Crippen LogP contribution in [-0.2, 0) is 19.8 Å². The Morgan fingerprint density at radius 1 is 1.21 bits per heavy atom. The van der Waals surface area contributed by atoms with E-state index in [1.54, 1.807) is 7.05 Å². The average Bonchev–Trinajstić information content (AvgIpc) is 2.88. The number of ketones is 1. The number of alkyl halides is 3. The lowest BCUT2D eigenvalue weighted by Crippen LogP contribution is -2.28. The molecule has 0 saturated carbocycles. The summed E-state index contributed by atoms with van der Waals surface area (Å²) in [7, 11) is 3.03. The molecule has 0 saturated heterocycles. The molecule has 1 aromatic heterocycles. The van der Waals surface area contributed by atoms with Crippen molar-refractivity contribution in [2.24, 2.45) is 7.05 Å². The van der Waals surface area contributed by atoms with Crippen molar-refractivity contribution in [3.8, 4) is 0 Å². The number of benzene rings is 1. The molecular formula is C17H17F3N2O2. The van der Waals surface area contributed by atoms with Gasteiger partial charge >= 0.3 is 6.18 Å². The lowest BCUT2D eigenvalue weighted by Gasteiger charge is -2.20. The number of carbonyl (C=O) groups is 2. The zero-order valence-electron chi connectivity index (χ0n) is 13.5. The number of nitrogens with zero attached hydrogens (tertiary/aromatic N) is 2. The SMILES string of the molecule is CC(=O)c1cc(C(=O)N(C)Cc2ccccc2C(F)(F)F)n(C)c1. The largest absolute Gasteiger partial charge is 0.416 e. The molecule has 24 heavy (non-hydrogen) atoms. The summed E-state index contributed by atoms with van der Waals surface area (Å²) in [5.41, 5.74) is -0.125. The molecule has 1 amide bonds. The number of carbonyl (C=O) groups excluding carboxylic acids is 2. The van der Waals surface area contributed by atoms with E-state index in [1.807, 2.05) is 0 Å². The number of aryl methyl sites for hydroxylation is 1. The third-order valence-corrected chi connectivity index (χ3v) is 3.71. The Labute approximate surface area is 137 Å².